The maximum atomic E-state index is 12.1. The fourth-order valence-corrected chi connectivity index (χ4v) is 1.81. The number of aliphatic carboxylic acids is 1. The zero-order valence-corrected chi connectivity index (χ0v) is 11.6. The summed E-state index contributed by atoms with van der Waals surface area (Å²) in [5, 5.41) is 16.8. The van der Waals surface area contributed by atoms with Crippen molar-refractivity contribution >= 4 is 11.9 Å². The van der Waals surface area contributed by atoms with Crippen molar-refractivity contribution in [3.8, 4) is 5.69 Å². The van der Waals surface area contributed by atoms with E-state index in [1.165, 1.54) is 15.9 Å². The SMILES string of the molecule is CN(CCCC(=O)O)C(=O)c1cnn(-c2ccccc2)n1. The van der Waals surface area contributed by atoms with Gasteiger partial charge in [-0.05, 0) is 18.6 Å². The number of carbonyl (C=O) groups is 2. The van der Waals surface area contributed by atoms with Gasteiger partial charge in [0.15, 0.2) is 5.69 Å². The number of carboxylic acids is 1. The quantitative estimate of drug-likeness (QED) is 0.863. The molecule has 0 unspecified atom stereocenters. The van der Waals surface area contributed by atoms with Crippen LogP contribution in [0.1, 0.15) is 23.3 Å². The number of para-hydroxylation sites is 1. The summed E-state index contributed by atoms with van der Waals surface area (Å²) < 4.78 is 0. The molecule has 0 atom stereocenters. The van der Waals surface area contributed by atoms with Crippen molar-refractivity contribution in [2.45, 2.75) is 12.8 Å². The maximum Gasteiger partial charge on any atom is 0.303 e. The van der Waals surface area contributed by atoms with Gasteiger partial charge in [-0.1, -0.05) is 18.2 Å². The molecule has 7 heteroatoms. The first-order valence-electron chi connectivity index (χ1n) is 6.53. The molecular formula is C14H16N4O3. The number of amides is 1. The molecule has 2 rings (SSSR count). The fourth-order valence-electron chi connectivity index (χ4n) is 1.81. The van der Waals surface area contributed by atoms with E-state index in [2.05, 4.69) is 10.2 Å². The summed E-state index contributed by atoms with van der Waals surface area (Å²) in [7, 11) is 1.62. The van der Waals surface area contributed by atoms with Gasteiger partial charge in [0.2, 0.25) is 0 Å². The maximum absolute atomic E-state index is 12.1. The summed E-state index contributed by atoms with van der Waals surface area (Å²) in [5.74, 6) is -1.14. The highest BCUT2D eigenvalue weighted by molar-refractivity contribution is 5.91. The predicted octanol–water partition coefficient (Wildman–Crippen LogP) is 1.20. The van der Waals surface area contributed by atoms with Gasteiger partial charge >= 0.3 is 5.97 Å². The number of hydrogen-bond acceptors (Lipinski definition) is 4. The molecule has 1 amide bonds. The Morgan fingerprint density at radius 1 is 1.29 bits per heavy atom. The van der Waals surface area contributed by atoms with Crippen LogP contribution in [-0.2, 0) is 4.79 Å². The lowest BCUT2D eigenvalue weighted by Crippen LogP contribution is -2.28. The summed E-state index contributed by atoms with van der Waals surface area (Å²) in [4.78, 5) is 25.4. The molecule has 0 saturated carbocycles. The van der Waals surface area contributed by atoms with Crippen molar-refractivity contribution in [1.29, 1.82) is 0 Å². The number of rotatable bonds is 6. The van der Waals surface area contributed by atoms with Crippen molar-refractivity contribution in [2.75, 3.05) is 13.6 Å². The Kier molecular flexibility index (Phi) is 4.65. The van der Waals surface area contributed by atoms with Gasteiger partial charge in [0, 0.05) is 20.0 Å². The minimum absolute atomic E-state index is 0.0360. The Hall–Kier alpha value is -2.70. The Morgan fingerprint density at radius 3 is 2.67 bits per heavy atom. The number of nitrogens with zero attached hydrogens (tertiary/aromatic N) is 4. The zero-order valence-electron chi connectivity index (χ0n) is 11.6. The second kappa shape index (κ2) is 6.65. The van der Waals surface area contributed by atoms with E-state index in [9.17, 15) is 9.59 Å². The van der Waals surface area contributed by atoms with Crippen molar-refractivity contribution < 1.29 is 14.7 Å². The summed E-state index contributed by atoms with van der Waals surface area (Å²) in [5.41, 5.74) is 1.00. The average molecular weight is 288 g/mol. The van der Waals surface area contributed by atoms with E-state index in [0.717, 1.165) is 5.69 Å². The summed E-state index contributed by atoms with van der Waals surface area (Å²) >= 11 is 0. The molecule has 0 aliphatic heterocycles. The largest absolute Gasteiger partial charge is 0.481 e. The molecule has 0 bridgehead atoms. The van der Waals surface area contributed by atoms with Crippen LogP contribution in [0.25, 0.3) is 5.69 Å². The van der Waals surface area contributed by atoms with Crippen LogP contribution in [0.15, 0.2) is 36.5 Å². The zero-order chi connectivity index (χ0) is 15.2. The molecule has 21 heavy (non-hydrogen) atoms. The number of hydrogen-bond donors (Lipinski definition) is 1. The third kappa shape index (κ3) is 3.88. The number of carbonyl (C=O) groups excluding carboxylic acids is 1. The molecule has 0 aliphatic rings. The van der Waals surface area contributed by atoms with Gasteiger partial charge in [-0.3, -0.25) is 9.59 Å². The molecule has 1 N–H and O–H groups in total. The lowest BCUT2D eigenvalue weighted by molar-refractivity contribution is -0.137. The molecule has 0 aliphatic carbocycles. The Morgan fingerprint density at radius 2 is 2.00 bits per heavy atom. The minimum atomic E-state index is -0.870. The first kappa shape index (κ1) is 14.7. The van der Waals surface area contributed by atoms with Crippen molar-refractivity contribution in [2.24, 2.45) is 0 Å². The van der Waals surface area contributed by atoms with Crippen LogP contribution in [0, 0.1) is 0 Å². The predicted molar refractivity (Wildman–Crippen MR) is 75.2 cm³/mol. The molecule has 1 heterocycles. The van der Waals surface area contributed by atoms with E-state index in [1.54, 1.807) is 7.05 Å². The van der Waals surface area contributed by atoms with Gasteiger partial charge in [-0.15, -0.1) is 5.10 Å². The van der Waals surface area contributed by atoms with Gasteiger partial charge < -0.3 is 10.0 Å². The van der Waals surface area contributed by atoms with Gasteiger partial charge in [-0.25, -0.2) is 0 Å². The van der Waals surface area contributed by atoms with Gasteiger partial charge in [0.05, 0.1) is 11.9 Å². The van der Waals surface area contributed by atoms with E-state index in [1.807, 2.05) is 30.3 Å². The highest BCUT2D eigenvalue weighted by atomic mass is 16.4. The number of benzene rings is 1. The normalized spacial score (nSPS) is 10.3. The van der Waals surface area contributed by atoms with E-state index < -0.39 is 5.97 Å². The highest BCUT2D eigenvalue weighted by Crippen LogP contribution is 2.06. The lowest BCUT2D eigenvalue weighted by Gasteiger charge is -2.14. The van der Waals surface area contributed by atoms with Crippen LogP contribution in [-0.4, -0.2) is 50.5 Å². The molecule has 0 radical (unpaired) electrons. The standard InChI is InChI=1S/C14H16N4O3/c1-17(9-5-8-13(19)20)14(21)12-10-15-18(16-12)11-6-3-2-4-7-11/h2-4,6-7,10H,5,8-9H2,1H3,(H,19,20). The first-order chi connectivity index (χ1) is 10.1. The molecule has 7 nitrogen and oxygen atoms in total. The van der Waals surface area contributed by atoms with E-state index >= 15 is 0 Å². The lowest BCUT2D eigenvalue weighted by atomic mass is 10.3. The van der Waals surface area contributed by atoms with Crippen LogP contribution in [0.4, 0.5) is 0 Å². The third-order valence-corrected chi connectivity index (χ3v) is 2.93. The van der Waals surface area contributed by atoms with Gasteiger partial charge in [0.1, 0.15) is 0 Å². The van der Waals surface area contributed by atoms with Gasteiger partial charge in [-0.2, -0.15) is 9.90 Å². The number of aromatic nitrogens is 3. The van der Waals surface area contributed by atoms with E-state index in [-0.39, 0.29) is 18.0 Å². The average Bonchev–Trinajstić information content (AvgIpc) is 2.96. The molecule has 1 aromatic carbocycles. The Labute approximate surface area is 121 Å². The van der Waals surface area contributed by atoms with Crippen LogP contribution in [0.3, 0.4) is 0 Å². The molecule has 0 fully saturated rings. The molecule has 2 aromatic rings. The topological polar surface area (TPSA) is 88.3 Å². The molecule has 0 saturated heterocycles. The molecular weight excluding hydrogens is 272 g/mol. The Balaban J connectivity index is 2.00. The Bertz CT molecular complexity index is 624. The van der Waals surface area contributed by atoms with Crippen LogP contribution in [0.2, 0.25) is 0 Å². The minimum Gasteiger partial charge on any atom is -0.481 e. The van der Waals surface area contributed by atoms with Crippen molar-refractivity contribution in [3.05, 3.63) is 42.2 Å². The first-order valence-corrected chi connectivity index (χ1v) is 6.53. The smallest absolute Gasteiger partial charge is 0.303 e. The van der Waals surface area contributed by atoms with Crippen molar-refractivity contribution in [3.63, 3.8) is 0 Å². The van der Waals surface area contributed by atoms with Crippen LogP contribution < -0.4 is 0 Å². The van der Waals surface area contributed by atoms with E-state index in [4.69, 9.17) is 5.11 Å². The summed E-state index contributed by atoms with van der Waals surface area (Å²) in [6.07, 6.45) is 1.85. The van der Waals surface area contributed by atoms with Gasteiger partial charge in [0.25, 0.3) is 5.91 Å². The van der Waals surface area contributed by atoms with Crippen molar-refractivity contribution in [1.82, 2.24) is 19.9 Å². The molecule has 0 spiro atoms. The fraction of sp³-hybridized carbons (Fsp3) is 0.286. The van der Waals surface area contributed by atoms with E-state index in [0.29, 0.717) is 13.0 Å². The highest BCUT2D eigenvalue weighted by Gasteiger charge is 2.16. The summed E-state index contributed by atoms with van der Waals surface area (Å²) in [6.45, 7) is 0.364. The second-order valence-electron chi connectivity index (χ2n) is 4.58. The van der Waals surface area contributed by atoms with Crippen LogP contribution in [0.5, 0.6) is 0 Å². The third-order valence-electron chi connectivity index (χ3n) is 2.93. The number of carboxylic acid groups (broad SMARTS) is 1. The summed E-state index contributed by atoms with van der Waals surface area (Å²) in [6, 6.07) is 9.28. The molecule has 110 valence electrons. The monoisotopic (exact) mass is 288 g/mol. The molecule has 1 aromatic heterocycles. The van der Waals surface area contributed by atoms with Crippen LogP contribution >= 0.6 is 0 Å². The second-order valence-corrected chi connectivity index (χ2v) is 4.58.